The zero-order valence-corrected chi connectivity index (χ0v) is 7.84. The average molecular weight is 196 g/mol. The van der Waals surface area contributed by atoms with Gasteiger partial charge in [-0.15, -0.1) is 16.4 Å². The summed E-state index contributed by atoms with van der Waals surface area (Å²) in [6, 6.07) is 0.436. The number of hydrogen-bond acceptors (Lipinski definition) is 6. The van der Waals surface area contributed by atoms with Gasteiger partial charge in [0.25, 0.3) is 0 Å². The molecule has 0 aliphatic rings. The van der Waals surface area contributed by atoms with Gasteiger partial charge in [-0.3, -0.25) is 0 Å². The normalized spacial score (nSPS) is 10.2. The molecule has 0 atom stereocenters. The van der Waals surface area contributed by atoms with Crippen LogP contribution in [0.4, 0.5) is 6.01 Å². The molecule has 2 heterocycles. The second-order valence-electron chi connectivity index (χ2n) is 2.46. The molecular weight excluding hydrogens is 188 g/mol. The molecule has 0 bridgehead atoms. The molecule has 0 unspecified atom stereocenters. The van der Waals surface area contributed by atoms with Crippen molar-refractivity contribution in [2.45, 2.75) is 13.5 Å². The standard InChI is InChI=1S/C7H8N4OS/c1-5-10-11-7(12-5)8-2-6-3-13-4-9-6/h3-4H,2H2,1H3,(H,8,11). The molecule has 0 amide bonds. The maximum atomic E-state index is 5.12. The van der Waals surface area contributed by atoms with Gasteiger partial charge in [0, 0.05) is 12.3 Å². The predicted molar refractivity (Wildman–Crippen MR) is 48.5 cm³/mol. The minimum atomic E-state index is 0.436. The van der Waals surface area contributed by atoms with Gasteiger partial charge < -0.3 is 9.73 Å². The van der Waals surface area contributed by atoms with Gasteiger partial charge in [-0.05, 0) is 0 Å². The van der Waals surface area contributed by atoms with Crippen molar-refractivity contribution < 1.29 is 4.42 Å². The molecule has 13 heavy (non-hydrogen) atoms. The highest BCUT2D eigenvalue weighted by Crippen LogP contribution is 2.07. The number of aromatic nitrogens is 3. The predicted octanol–water partition coefficient (Wildman–Crippen LogP) is 1.45. The molecule has 1 N–H and O–H groups in total. The molecule has 5 nitrogen and oxygen atoms in total. The fourth-order valence-corrected chi connectivity index (χ4v) is 1.42. The Morgan fingerprint density at radius 3 is 3.08 bits per heavy atom. The maximum absolute atomic E-state index is 5.12. The topological polar surface area (TPSA) is 63.8 Å². The number of aryl methyl sites for hydroxylation is 1. The number of nitrogens with one attached hydrogen (secondary N) is 1. The lowest BCUT2D eigenvalue weighted by Gasteiger charge is -1.95. The first-order chi connectivity index (χ1) is 6.34. The van der Waals surface area contributed by atoms with E-state index in [1.54, 1.807) is 23.8 Å². The molecule has 0 radical (unpaired) electrons. The molecule has 2 aromatic rings. The quantitative estimate of drug-likeness (QED) is 0.804. The molecule has 0 spiro atoms. The molecule has 0 aliphatic heterocycles. The summed E-state index contributed by atoms with van der Waals surface area (Å²) in [6.45, 7) is 2.37. The molecule has 0 saturated carbocycles. The van der Waals surface area contributed by atoms with Crippen LogP contribution in [0.3, 0.4) is 0 Å². The first-order valence-electron chi connectivity index (χ1n) is 3.75. The zero-order chi connectivity index (χ0) is 9.10. The van der Waals surface area contributed by atoms with E-state index in [1.807, 2.05) is 5.38 Å². The van der Waals surface area contributed by atoms with Gasteiger partial charge >= 0.3 is 6.01 Å². The second kappa shape index (κ2) is 3.53. The Bertz CT molecular complexity index is 370. The number of rotatable bonds is 3. The number of nitrogens with zero attached hydrogens (tertiary/aromatic N) is 3. The van der Waals surface area contributed by atoms with E-state index in [-0.39, 0.29) is 0 Å². The van der Waals surface area contributed by atoms with Gasteiger partial charge in [0.1, 0.15) is 0 Å². The molecule has 0 saturated heterocycles. The van der Waals surface area contributed by atoms with Crippen molar-refractivity contribution in [3.8, 4) is 0 Å². The van der Waals surface area contributed by atoms with E-state index in [4.69, 9.17) is 4.42 Å². The molecule has 68 valence electrons. The van der Waals surface area contributed by atoms with Gasteiger partial charge in [0.15, 0.2) is 0 Å². The summed E-state index contributed by atoms with van der Waals surface area (Å²) in [5.41, 5.74) is 2.76. The first kappa shape index (κ1) is 8.18. The lowest BCUT2D eigenvalue weighted by atomic mass is 10.5. The zero-order valence-electron chi connectivity index (χ0n) is 7.02. The van der Waals surface area contributed by atoms with Crippen molar-refractivity contribution >= 4 is 17.4 Å². The monoisotopic (exact) mass is 196 g/mol. The van der Waals surface area contributed by atoms with E-state index >= 15 is 0 Å². The smallest absolute Gasteiger partial charge is 0.315 e. The molecule has 2 aromatic heterocycles. The number of anilines is 1. The van der Waals surface area contributed by atoms with Crippen LogP contribution < -0.4 is 5.32 Å². The fraction of sp³-hybridized carbons (Fsp3) is 0.286. The molecule has 0 fully saturated rings. The van der Waals surface area contributed by atoms with Gasteiger partial charge in [0.05, 0.1) is 17.7 Å². The summed E-state index contributed by atoms with van der Waals surface area (Å²) in [5, 5.41) is 12.4. The summed E-state index contributed by atoms with van der Waals surface area (Å²) >= 11 is 1.56. The van der Waals surface area contributed by atoms with E-state index in [0.717, 1.165) is 5.69 Å². The van der Waals surface area contributed by atoms with Crippen LogP contribution in [0.25, 0.3) is 0 Å². The fourth-order valence-electron chi connectivity index (χ4n) is 0.859. The van der Waals surface area contributed by atoms with E-state index < -0.39 is 0 Å². The Labute approximate surface area is 78.8 Å². The molecule has 6 heteroatoms. The third-order valence-corrected chi connectivity index (χ3v) is 2.07. The molecule has 2 rings (SSSR count). The highest BCUT2D eigenvalue weighted by Gasteiger charge is 2.01. The Hall–Kier alpha value is -1.43. The first-order valence-corrected chi connectivity index (χ1v) is 4.70. The van der Waals surface area contributed by atoms with Crippen molar-refractivity contribution in [1.29, 1.82) is 0 Å². The highest BCUT2D eigenvalue weighted by molar-refractivity contribution is 7.07. The third-order valence-electron chi connectivity index (χ3n) is 1.43. The molecule has 0 aromatic carbocycles. The lowest BCUT2D eigenvalue weighted by molar-refractivity contribution is 0.530. The highest BCUT2D eigenvalue weighted by atomic mass is 32.1. The van der Waals surface area contributed by atoms with Crippen LogP contribution in [0, 0.1) is 6.92 Å². The summed E-state index contributed by atoms with van der Waals surface area (Å²) < 4.78 is 5.12. The van der Waals surface area contributed by atoms with E-state index in [0.29, 0.717) is 18.5 Å². The van der Waals surface area contributed by atoms with Crippen LogP contribution in [0.1, 0.15) is 11.6 Å². The van der Waals surface area contributed by atoms with Gasteiger partial charge in [-0.25, -0.2) is 4.98 Å². The van der Waals surface area contributed by atoms with Gasteiger partial charge in [-0.1, -0.05) is 5.10 Å². The van der Waals surface area contributed by atoms with E-state index in [2.05, 4.69) is 20.5 Å². The minimum Gasteiger partial charge on any atom is -0.408 e. The van der Waals surface area contributed by atoms with E-state index in [1.165, 1.54) is 0 Å². The van der Waals surface area contributed by atoms with Crippen LogP contribution >= 0.6 is 11.3 Å². The number of thiazole rings is 1. The van der Waals surface area contributed by atoms with Crippen molar-refractivity contribution in [3.05, 3.63) is 22.5 Å². The summed E-state index contributed by atoms with van der Waals surface area (Å²) in [7, 11) is 0. The maximum Gasteiger partial charge on any atom is 0.315 e. The minimum absolute atomic E-state index is 0.436. The van der Waals surface area contributed by atoms with Crippen molar-refractivity contribution in [2.24, 2.45) is 0 Å². The summed E-state index contributed by atoms with van der Waals surface area (Å²) in [6.07, 6.45) is 0. The summed E-state index contributed by atoms with van der Waals surface area (Å²) in [4.78, 5) is 4.10. The molecular formula is C7H8N4OS. The Morgan fingerprint density at radius 2 is 2.46 bits per heavy atom. The van der Waals surface area contributed by atoms with Crippen molar-refractivity contribution in [1.82, 2.24) is 15.2 Å². The van der Waals surface area contributed by atoms with Crippen LogP contribution in [0.2, 0.25) is 0 Å². The lowest BCUT2D eigenvalue weighted by Crippen LogP contribution is -1.99. The van der Waals surface area contributed by atoms with Gasteiger partial charge in [0.2, 0.25) is 5.89 Å². The number of hydrogen-bond donors (Lipinski definition) is 1. The Morgan fingerprint density at radius 1 is 1.54 bits per heavy atom. The molecule has 0 aliphatic carbocycles. The SMILES string of the molecule is Cc1nnc(NCc2cscn2)o1. The van der Waals surface area contributed by atoms with Crippen molar-refractivity contribution in [2.75, 3.05) is 5.32 Å². The van der Waals surface area contributed by atoms with E-state index in [9.17, 15) is 0 Å². The third kappa shape index (κ3) is 2.03. The van der Waals surface area contributed by atoms with Crippen molar-refractivity contribution in [3.63, 3.8) is 0 Å². The van der Waals surface area contributed by atoms with Crippen LogP contribution in [0.5, 0.6) is 0 Å². The van der Waals surface area contributed by atoms with Gasteiger partial charge in [-0.2, -0.15) is 0 Å². The van der Waals surface area contributed by atoms with Crippen LogP contribution in [-0.2, 0) is 6.54 Å². The van der Waals surface area contributed by atoms with Crippen LogP contribution in [-0.4, -0.2) is 15.2 Å². The summed E-state index contributed by atoms with van der Waals surface area (Å²) in [5.74, 6) is 0.556. The Kier molecular flexibility index (Phi) is 2.22. The van der Waals surface area contributed by atoms with Crippen LogP contribution in [0.15, 0.2) is 15.3 Å². The Balaban J connectivity index is 1.93. The average Bonchev–Trinajstić information content (AvgIpc) is 2.71. The largest absolute Gasteiger partial charge is 0.408 e. The second-order valence-corrected chi connectivity index (χ2v) is 3.18.